The van der Waals surface area contributed by atoms with Gasteiger partial charge in [0.1, 0.15) is 16.4 Å². The van der Waals surface area contributed by atoms with E-state index in [4.69, 9.17) is 25.8 Å². The molecule has 3 heterocycles. The van der Waals surface area contributed by atoms with Gasteiger partial charge in [-0.15, -0.1) is 0 Å². The fourth-order valence-electron chi connectivity index (χ4n) is 3.82. The number of benzene rings is 2. The van der Waals surface area contributed by atoms with Gasteiger partial charge in [-0.05, 0) is 42.8 Å². The number of halogens is 1. The zero-order valence-corrected chi connectivity index (χ0v) is 17.5. The lowest BCUT2D eigenvalue weighted by molar-refractivity contribution is -0.131. The van der Waals surface area contributed by atoms with Crippen LogP contribution in [0.2, 0.25) is 5.15 Å². The normalized spacial score (nSPS) is 19.8. The van der Waals surface area contributed by atoms with Crippen LogP contribution in [0.4, 0.5) is 4.79 Å². The second-order valence-corrected chi connectivity index (χ2v) is 7.87. The van der Waals surface area contributed by atoms with E-state index in [-0.39, 0.29) is 24.4 Å². The van der Waals surface area contributed by atoms with E-state index in [1.54, 1.807) is 38.3 Å². The zero-order valence-electron chi connectivity index (χ0n) is 16.8. The number of aromatic nitrogens is 1. The van der Waals surface area contributed by atoms with Crippen molar-refractivity contribution in [3.8, 4) is 17.2 Å². The molecule has 1 N–H and O–H groups in total. The Kier molecular flexibility index (Phi) is 4.40. The van der Waals surface area contributed by atoms with E-state index in [1.165, 1.54) is 0 Å². The van der Waals surface area contributed by atoms with E-state index in [0.29, 0.717) is 33.9 Å². The van der Waals surface area contributed by atoms with Gasteiger partial charge in [-0.2, -0.15) is 0 Å². The number of imide groups is 1. The SMILES string of the molecule is COc1ccc2cc(CN3C(=O)N[C@](C)(c4ccc5c(c4)OCO5)C3=O)c(Cl)nc2c1. The number of rotatable bonds is 4. The fraction of sp³-hybridized carbons (Fsp3) is 0.227. The molecule has 2 aliphatic rings. The fourth-order valence-corrected chi connectivity index (χ4v) is 4.02. The third-order valence-corrected chi connectivity index (χ3v) is 5.93. The Hall–Kier alpha value is -3.52. The largest absolute Gasteiger partial charge is 0.497 e. The molecule has 0 aliphatic carbocycles. The minimum absolute atomic E-state index is 0.00138. The first-order valence-electron chi connectivity index (χ1n) is 9.56. The highest BCUT2D eigenvalue weighted by Gasteiger charge is 2.49. The summed E-state index contributed by atoms with van der Waals surface area (Å²) in [6.45, 7) is 1.79. The summed E-state index contributed by atoms with van der Waals surface area (Å²) in [5.41, 5.74) is 0.600. The van der Waals surface area contributed by atoms with Crippen LogP contribution in [0.3, 0.4) is 0 Å². The number of pyridine rings is 1. The van der Waals surface area contributed by atoms with Crippen LogP contribution in [-0.4, -0.2) is 35.7 Å². The lowest BCUT2D eigenvalue weighted by atomic mass is 9.91. The van der Waals surface area contributed by atoms with Crippen molar-refractivity contribution >= 4 is 34.4 Å². The van der Waals surface area contributed by atoms with Crippen LogP contribution in [0, 0.1) is 0 Å². The molecule has 1 atom stereocenters. The molecular weight excluding hydrogens is 422 g/mol. The van der Waals surface area contributed by atoms with Crippen molar-refractivity contribution in [2.24, 2.45) is 0 Å². The minimum Gasteiger partial charge on any atom is -0.497 e. The first-order valence-corrected chi connectivity index (χ1v) is 9.94. The summed E-state index contributed by atoms with van der Waals surface area (Å²) in [6, 6.07) is 11.9. The Labute approximate surface area is 182 Å². The maximum Gasteiger partial charge on any atom is 0.325 e. The van der Waals surface area contributed by atoms with Crippen LogP contribution in [0.1, 0.15) is 18.1 Å². The van der Waals surface area contributed by atoms with Crippen LogP contribution < -0.4 is 19.5 Å². The van der Waals surface area contributed by atoms with Gasteiger partial charge in [-0.1, -0.05) is 17.7 Å². The van der Waals surface area contributed by atoms with Crippen molar-refractivity contribution in [2.75, 3.05) is 13.9 Å². The van der Waals surface area contributed by atoms with Crippen molar-refractivity contribution in [2.45, 2.75) is 19.0 Å². The Balaban J connectivity index is 1.45. The molecule has 0 bridgehead atoms. The third kappa shape index (κ3) is 3.11. The summed E-state index contributed by atoms with van der Waals surface area (Å²) in [5.74, 6) is 1.42. The lowest BCUT2D eigenvalue weighted by Gasteiger charge is -2.22. The maximum absolute atomic E-state index is 13.3. The molecule has 9 heteroatoms. The number of hydrogen-bond donors (Lipinski definition) is 1. The van der Waals surface area contributed by atoms with Crippen LogP contribution >= 0.6 is 11.6 Å². The second kappa shape index (κ2) is 7.02. The van der Waals surface area contributed by atoms with Crippen molar-refractivity contribution in [3.63, 3.8) is 0 Å². The van der Waals surface area contributed by atoms with E-state index < -0.39 is 11.6 Å². The van der Waals surface area contributed by atoms with Gasteiger partial charge in [-0.25, -0.2) is 9.78 Å². The van der Waals surface area contributed by atoms with Crippen molar-refractivity contribution in [1.29, 1.82) is 0 Å². The number of carbonyl (C=O) groups excluding carboxylic acids is 2. The molecule has 1 fully saturated rings. The van der Waals surface area contributed by atoms with Gasteiger partial charge in [-0.3, -0.25) is 9.69 Å². The Morgan fingerprint density at radius 3 is 2.77 bits per heavy atom. The molecule has 2 aromatic carbocycles. The number of urea groups is 1. The molecule has 1 aromatic heterocycles. The predicted molar refractivity (Wildman–Crippen MR) is 112 cm³/mol. The highest BCUT2D eigenvalue weighted by Crippen LogP contribution is 2.38. The summed E-state index contributed by atoms with van der Waals surface area (Å²) in [7, 11) is 1.58. The molecule has 0 unspecified atom stereocenters. The predicted octanol–water partition coefficient (Wildman–Crippen LogP) is 3.59. The van der Waals surface area contributed by atoms with Crippen molar-refractivity contribution < 1.29 is 23.8 Å². The number of ether oxygens (including phenoxy) is 3. The van der Waals surface area contributed by atoms with Crippen LogP contribution in [-0.2, 0) is 16.9 Å². The zero-order chi connectivity index (χ0) is 21.8. The summed E-state index contributed by atoms with van der Waals surface area (Å²) in [5, 5.41) is 3.84. The summed E-state index contributed by atoms with van der Waals surface area (Å²) < 4.78 is 15.9. The highest BCUT2D eigenvalue weighted by molar-refractivity contribution is 6.30. The maximum atomic E-state index is 13.3. The van der Waals surface area contributed by atoms with E-state index in [0.717, 1.165) is 10.3 Å². The van der Waals surface area contributed by atoms with Gasteiger partial charge in [0.15, 0.2) is 11.5 Å². The molecule has 3 amide bonds. The molecule has 0 spiro atoms. The molecule has 31 heavy (non-hydrogen) atoms. The number of carbonyl (C=O) groups is 2. The first kappa shape index (κ1) is 19.4. The monoisotopic (exact) mass is 439 g/mol. The van der Waals surface area contributed by atoms with Crippen molar-refractivity contribution in [1.82, 2.24) is 15.2 Å². The Morgan fingerprint density at radius 2 is 1.97 bits per heavy atom. The molecule has 5 rings (SSSR count). The Morgan fingerprint density at radius 1 is 1.16 bits per heavy atom. The van der Waals surface area contributed by atoms with E-state index in [9.17, 15) is 9.59 Å². The number of amides is 3. The van der Waals surface area contributed by atoms with Gasteiger partial charge in [0, 0.05) is 17.0 Å². The molecular formula is C22H18ClN3O5. The standard InChI is InChI=1S/C22H18ClN3O5/c1-22(14-4-6-17-18(8-14)31-11-30-17)20(27)26(21(28)25-22)10-13-7-12-3-5-15(29-2)9-16(12)24-19(13)23/h3-9H,10-11H2,1-2H3,(H,25,28)/t22-/m1/s1. The van der Waals surface area contributed by atoms with E-state index in [1.807, 2.05) is 18.2 Å². The van der Waals surface area contributed by atoms with Gasteiger partial charge >= 0.3 is 6.03 Å². The number of fused-ring (bicyclic) bond motifs is 2. The quantitative estimate of drug-likeness (QED) is 0.493. The van der Waals surface area contributed by atoms with Gasteiger partial charge in [0.25, 0.3) is 5.91 Å². The number of methoxy groups -OCH3 is 1. The summed E-state index contributed by atoms with van der Waals surface area (Å²) in [4.78, 5) is 31.6. The molecule has 0 radical (unpaired) electrons. The molecule has 0 saturated carbocycles. The Bertz CT molecular complexity index is 1250. The van der Waals surface area contributed by atoms with Gasteiger partial charge in [0.2, 0.25) is 6.79 Å². The summed E-state index contributed by atoms with van der Waals surface area (Å²) >= 11 is 6.37. The molecule has 158 valence electrons. The minimum atomic E-state index is -1.23. The number of nitrogens with one attached hydrogen (secondary N) is 1. The molecule has 1 saturated heterocycles. The van der Waals surface area contributed by atoms with E-state index in [2.05, 4.69) is 10.3 Å². The first-order chi connectivity index (χ1) is 14.9. The average Bonchev–Trinajstić information content (AvgIpc) is 3.32. The molecule has 3 aromatic rings. The average molecular weight is 440 g/mol. The number of nitrogens with zero attached hydrogens (tertiary/aromatic N) is 2. The van der Waals surface area contributed by atoms with Gasteiger partial charge < -0.3 is 19.5 Å². The van der Waals surface area contributed by atoms with Crippen LogP contribution in [0.15, 0.2) is 42.5 Å². The number of hydrogen-bond acceptors (Lipinski definition) is 6. The third-order valence-electron chi connectivity index (χ3n) is 5.60. The van der Waals surface area contributed by atoms with Gasteiger partial charge in [0.05, 0.1) is 19.2 Å². The topological polar surface area (TPSA) is 90.0 Å². The lowest BCUT2D eigenvalue weighted by Crippen LogP contribution is -2.40. The molecule has 8 nitrogen and oxygen atoms in total. The smallest absolute Gasteiger partial charge is 0.325 e. The van der Waals surface area contributed by atoms with Crippen molar-refractivity contribution in [3.05, 3.63) is 58.7 Å². The molecule has 2 aliphatic heterocycles. The van der Waals surface area contributed by atoms with E-state index >= 15 is 0 Å². The van der Waals surface area contributed by atoms with Crippen LogP contribution in [0.25, 0.3) is 10.9 Å². The second-order valence-electron chi connectivity index (χ2n) is 7.51. The van der Waals surface area contributed by atoms with Crippen LogP contribution in [0.5, 0.6) is 17.2 Å². The summed E-state index contributed by atoms with van der Waals surface area (Å²) in [6.07, 6.45) is 0. The highest BCUT2D eigenvalue weighted by atomic mass is 35.5.